The number of rotatable bonds is 14. The van der Waals surface area contributed by atoms with Crippen molar-refractivity contribution in [3.05, 3.63) is 34.9 Å². The maximum absolute atomic E-state index is 13.7. The quantitative estimate of drug-likeness (QED) is 0.229. The largest absolute Gasteiger partial charge is 0.493 e. The van der Waals surface area contributed by atoms with Crippen LogP contribution in [0.3, 0.4) is 0 Å². The lowest BCUT2D eigenvalue weighted by molar-refractivity contribution is -0.137. The summed E-state index contributed by atoms with van der Waals surface area (Å²) in [6.45, 7) is 4.52. The van der Waals surface area contributed by atoms with Crippen molar-refractivity contribution < 1.29 is 38.8 Å². The molecule has 1 aromatic rings. The molecular weight excluding hydrogens is 528 g/mol. The zero-order valence-corrected chi connectivity index (χ0v) is 24.3. The molecule has 1 saturated carbocycles. The van der Waals surface area contributed by atoms with E-state index in [-0.39, 0.29) is 25.2 Å². The van der Waals surface area contributed by atoms with Crippen LogP contribution < -0.4 is 14.8 Å². The number of ether oxygens (including phenoxy) is 3. The summed E-state index contributed by atoms with van der Waals surface area (Å²) in [5.41, 5.74) is 1.23. The summed E-state index contributed by atoms with van der Waals surface area (Å²) in [6, 6.07) is 2.38. The molecule has 4 atom stereocenters. The van der Waals surface area contributed by atoms with Crippen LogP contribution in [0.15, 0.2) is 23.8 Å². The van der Waals surface area contributed by atoms with Gasteiger partial charge in [0.25, 0.3) is 0 Å². The van der Waals surface area contributed by atoms with E-state index in [1.807, 2.05) is 13.8 Å². The van der Waals surface area contributed by atoms with E-state index in [0.29, 0.717) is 66.4 Å². The van der Waals surface area contributed by atoms with Gasteiger partial charge in [0, 0.05) is 42.8 Å². The zero-order valence-electron chi connectivity index (χ0n) is 24.3. The van der Waals surface area contributed by atoms with Gasteiger partial charge in [-0.2, -0.15) is 0 Å². The van der Waals surface area contributed by atoms with Crippen molar-refractivity contribution in [1.82, 2.24) is 10.2 Å². The minimum absolute atomic E-state index is 0.0444. The number of hydrogen-bond acceptors (Lipinski definition) is 8. The Morgan fingerprint density at radius 2 is 2.00 bits per heavy atom. The standard InChI is InChI=1S/C31H44N2O8/c1-19(2)40-14-6-12-33(26(36)10-9-20-7-4-5-8-20)24-17-23(31(38)32-11-13-34)27-22-15-21(18-35)16-25(39-3)29(22)41-30(27)28(24)37/h15-20,24,27-28,30,34,37H,4-14H2,1-3H3,(H,32,38)/t24-,27+,28+,30+/m1/s1. The summed E-state index contributed by atoms with van der Waals surface area (Å²) < 4.78 is 17.5. The van der Waals surface area contributed by atoms with Gasteiger partial charge in [0.2, 0.25) is 11.8 Å². The minimum atomic E-state index is -1.15. The number of carbonyl (C=O) groups excluding carboxylic acids is 3. The second-order valence-electron chi connectivity index (χ2n) is 11.5. The molecule has 0 aromatic heterocycles. The summed E-state index contributed by atoms with van der Waals surface area (Å²) in [6.07, 6.45) is 6.78. The fourth-order valence-corrected chi connectivity index (χ4v) is 6.32. The van der Waals surface area contributed by atoms with E-state index in [1.165, 1.54) is 20.0 Å². The molecular formula is C31H44N2O8. The highest BCUT2D eigenvalue weighted by molar-refractivity contribution is 5.96. The number of methoxy groups -OCH3 is 1. The number of nitrogens with zero attached hydrogens (tertiary/aromatic N) is 1. The van der Waals surface area contributed by atoms with Gasteiger partial charge < -0.3 is 34.6 Å². The van der Waals surface area contributed by atoms with Crippen LogP contribution in [-0.4, -0.2) is 91.0 Å². The predicted octanol–water partition coefficient (Wildman–Crippen LogP) is 2.74. The molecule has 1 aliphatic heterocycles. The smallest absolute Gasteiger partial charge is 0.247 e. The molecule has 10 nitrogen and oxygen atoms in total. The van der Waals surface area contributed by atoms with E-state index in [0.717, 1.165) is 19.3 Å². The molecule has 3 N–H and O–H groups in total. The second-order valence-corrected chi connectivity index (χ2v) is 11.5. The van der Waals surface area contributed by atoms with Crippen molar-refractivity contribution in [1.29, 1.82) is 0 Å². The Bertz CT molecular complexity index is 1110. The van der Waals surface area contributed by atoms with Crippen molar-refractivity contribution in [3.8, 4) is 11.5 Å². The van der Waals surface area contributed by atoms with E-state index in [9.17, 15) is 24.6 Å². The number of aliphatic hydroxyl groups excluding tert-OH is 2. The maximum Gasteiger partial charge on any atom is 0.247 e. The molecule has 41 heavy (non-hydrogen) atoms. The van der Waals surface area contributed by atoms with E-state index in [2.05, 4.69) is 5.32 Å². The Balaban J connectivity index is 1.69. The van der Waals surface area contributed by atoms with E-state index in [4.69, 9.17) is 14.2 Å². The number of fused-ring (bicyclic) bond motifs is 3. The normalized spacial score (nSPS) is 23.4. The second kappa shape index (κ2) is 14.3. The molecule has 4 rings (SSSR count). The van der Waals surface area contributed by atoms with Crippen LogP contribution in [0.2, 0.25) is 0 Å². The molecule has 2 amide bonds. The fraction of sp³-hybridized carbons (Fsp3) is 0.645. The SMILES string of the molecule is COc1cc(C=O)cc2c1O[C@@H]1[C@@H](O)[C@H](N(CCCOC(C)C)C(=O)CCC3CCCC3)C=C(C(=O)NCCO)[C@H]21. The predicted molar refractivity (Wildman–Crippen MR) is 152 cm³/mol. The van der Waals surface area contributed by atoms with Crippen LogP contribution in [0.25, 0.3) is 0 Å². The average Bonchev–Trinajstić information content (AvgIpc) is 3.63. The van der Waals surface area contributed by atoms with Gasteiger partial charge in [-0.25, -0.2) is 0 Å². The first-order valence-electron chi connectivity index (χ1n) is 14.8. The number of hydrogen-bond donors (Lipinski definition) is 3. The number of benzene rings is 1. The van der Waals surface area contributed by atoms with Crippen LogP contribution in [0.5, 0.6) is 11.5 Å². The van der Waals surface area contributed by atoms with Gasteiger partial charge in [-0.15, -0.1) is 0 Å². The molecule has 0 unspecified atom stereocenters. The number of nitrogens with one attached hydrogen (secondary N) is 1. The van der Waals surface area contributed by atoms with Crippen molar-refractivity contribution in [2.45, 2.75) is 89.1 Å². The molecule has 0 radical (unpaired) electrons. The van der Waals surface area contributed by atoms with Crippen LogP contribution >= 0.6 is 0 Å². The number of aldehydes is 1. The zero-order chi connectivity index (χ0) is 29.5. The Kier molecular flexibility index (Phi) is 10.8. The van der Waals surface area contributed by atoms with Crippen LogP contribution in [0.1, 0.15) is 80.6 Å². The maximum atomic E-state index is 13.7. The van der Waals surface area contributed by atoms with Crippen LogP contribution in [-0.2, 0) is 14.3 Å². The first kappa shape index (κ1) is 31.0. The van der Waals surface area contributed by atoms with Gasteiger partial charge in [-0.3, -0.25) is 14.4 Å². The molecule has 0 bridgehead atoms. The lowest BCUT2D eigenvalue weighted by Gasteiger charge is -2.41. The fourth-order valence-electron chi connectivity index (χ4n) is 6.32. The van der Waals surface area contributed by atoms with Crippen molar-refractivity contribution in [2.24, 2.45) is 5.92 Å². The molecule has 1 fully saturated rings. The first-order valence-corrected chi connectivity index (χ1v) is 14.8. The third-order valence-corrected chi connectivity index (χ3v) is 8.33. The average molecular weight is 573 g/mol. The molecule has 3 aliphatic rings. The van der Waals surface area contributed by atoms with Crippen molar-refractivity contribution >= 4 is 18.1 Å². The van der Waals surface area contributed by atoms with Crippen LogP contribution in [0, 0.1) is 5.92 Å². The highest BCUT2D eigenvalue weighted by atomic mass is 16.5. The molecule has 0 spiro atoms. The molecule has 2 aliphatic carbocycles. The third kappa shape index (κ3) is 7.10. The van der Waals surface area contributed by atoms with Crippen molar-refractivity contribution in [2.75, 3.05) is 33.4 Å². The summed E-state index contributed by atoms with van der Waals surface area (Å²) in [7, 11) is 1.46. The van der Waals surface area contributed by atoms with Crippen LogP contribution in [0.4, 0.5) is 0 Å². The van der Waals surface area contributed by atoms with E-state index >= 15 is 0 Å². The van der Waals surface area contributed by atoms with E-state index < -0.39 is 30.1 Å². The summed E-state index contributed by atoms with van der Waals surface area (Å²) in [4.78, 5) is 40.5. The van der Waals surface area contributed by atoms with Gasteiger partial charge in [0.15, 0.2) is 11.5 Å². The summed E-state index contributed by atoms with van der Waals surface area (Å²) >= 11 is 0. The Morgan fingerprint density at radius 3 is 2.66 bits per heavy atom. The Hall–Kier alpha value is -2.95. The summed E-state index contributed by atoms with van der Waals surface area (Å²) in [5.74, 6) is 0.0222. The lowest BCUT2D eigenvalue weighted by atomic mass is 9.77. The highest BCUT2D eigenvalue weighted by Gasteiger charge is 2.51. The molecule has 226 valence electrons. The third-order valence-electron chi connectivity index (χ3n) is 8.33. The van der Waals surface area contributed by atoms with Gasteiger partial charge in [-0.05, 0) is 50.8 Å². The number of carbonyl (C=O) groups is 3. The minimum Gasteiger partial charge on any atom is -0.493 e. The first-order chi connectivity index (χ1) is 19.8. The van der Waals surface area contributed by atoms with Gasteiger partial charge in [0.05, 0.1) is 31.8 Å². The van der Waals surface area contributed by atoms with E-state index in [1.54, 1.807) is 23.1 Å². The molecule has 0 saturated heterocycles. The topological polar surface area (TPSA) is 135 Å². The monoisotopic (exact) mass is 572 g/mol. The molecule has 1 heterocycles. The Labute approximate surface area is 242 Å². The van der Waals surface area contributed by atoms with Gasteiger partial charge in [-0.1, -0.05) is 25.7 Å². The Morgan fingerprint density at radius 1 is 1.24 bits per heavy atom. The molecule has 10 heteroatoms. The summed E-state index contributed by atoms with van der Waals surface area (Å²) in [5, 5.41) is 23.8. The van der Waals surface area contributed by atoms with Gasteiger partial charge in [0.1, 0.15) is 18.5 Å². The molecule has 1 aromatic carbocycles. The highest BCUT2D eigenvalue weighted by Crippen LogP contribution is 2.51. The number of aliphatic hydroxyl groups is 2. The lowest BCUT2D eigenvalue weighted by Crippen LogP contribution is -2.56. The van der Waals surface area contributed by atoms with Crippen molar-refractivity contribution in [3.63, 3.8) is 0 Å². The number of amides is 2. The van der Waals surface area contributed by atoms with Gasteiger partial charge >= 0.3 is 0 Å².